The topological polar surface area (TPSA) is 104 Å². The van der Waals surface area contributed by atoms with Gasteiger partial charge < -0.3 is 14.9 Å². The van der Waals surface area contributed by atoms with Crippen molar-refractivity contribution in [3.8, 4) is 0 Å². The summed E-state index contributed by atoms with van der Waals surface area (Å²) in [5.74, 6) is -0.221. The van der Waals surface area contributed by atoms with E-state index in [9.17, 15) is 19.6 Å². The normalized spacial score (nSPS) is 13.4. The number of amides is 1. The minimum Gasteiger partial charge on any atom is -0.423 e. The lowest BCUT2D eigenvalue weighted by Crippen LogP contribution is -2.37. The minimum atomic E-state index is -1.75. The van der Waals surface area contributed by atoms with Gasteiger partial charge in [-0.2, -0.15) is 0 Å². The highest BCUT2D eigenvalue weighted by Gasteiger charge is 2.24. The van der Waals surface area contributed by atoms with E-state index in [0.29, 0.717) is 31.4 Å². The van der Waals surface area contributed by atoms with Crippen molar-refractivity contribution in [2.45, 2.75) is 13.0 Å². The van der Waals surface area contributed by atoms with E-state index in [1.807, 2.05) is 0 Å². The van der Waals surface area contributed by atoms with Gasteiger partial charge >= 0.3 is 7.12 Å². The first-order valence-corrected chi connectivity index (χ1v) is 7.12. The molecule has 0 saturated carbocycles. The smallest absolute Gasteiger partial charge is 0.423 e. The minimum absolute atomic E-state index is 0.0777. The number of hydrogen-bond donors (Lipinski definition) is 2. The number of benzene rings is 1. The van der Waals surface area contributed by atoms with Gasteiger partial charge in [0.2, 0.25) is 0 Å². The highest BCUT2D eigenvalue weighted by molar-refractivity contribution is 6.60. The molecule has 2 aromatic rings. The van der Waals surface area contributed by atoms with Crippen molar-refractivity contribution >= 4 is 24.8 Å². The Kier molecular flexibility index (Phi) is 4.18. The molecule has 0 aliphatic carbocycles. The summed E-state index contributed by atoms with van der Waals surface area (Å²) in [4.78, 5) is 33.5. The first-order chi connectivity index (χ1) is 11.1. The number of carbonyl (C=O) groups is 2. The lowest BCUT2D eigenvalue weighted by molar-refractivity contribution is 0.0733. The van der Waals surface area contributed by atoms with Gasteiger partial charge in [-0.15, -0.1) is 0 Å². The predicted octanol–water partition coefficient (Wildman–Crippen LogP) is -0.833. The van der Waals surface area contributed by atoms with Gasteiger partial charge in [0.25, 0.3) is 5.91 Å². The molecule has 2 N–H and O–H groups in total. The molecule has 7 nitrogen and oxygen atoms in total. The Balaban J connectivity index is 1.85. The van der Waals surface area contributed by atoms with Crippen LogP contribution in [-0.4, -0.2) is 50.8 Å². The zero-order valence-electron chi connectivity index (χ0n) is 12.2. The second kappa shape index (κ2) is 6.27. The molecular formula is C15H14BN3O4. The number of aromatic nitrogens is 2. The molecule has 1 aliphatic rings. The van der Waals surface area contributed by atoms with Crippen molar-refractivity contribution in [2.75, 3.05) is 6.54 Å². The molecule has 116 valence electrons. The second-order valence-electron chi connectivity index (χ2n) is 5.31. The van der Waals surface area contributed by atoms with Crippen molar-refractivity contribution in [1.29, 1.82) is 0 Å². The van der Waals surface area contributed by atoms with E-state index in [2.05, 4.69) is 9.97 Å². The number of carbonyl (C=O) groups excluding carboxylic acids is 2. The molecule has 0 saturated heterocycles. The summed E-state index contributed by atoms with van der Waals surface area (Å²) in [6.45, 7) is 0.944. The standard InChI is InChI=1S/C15H14BN3O4/c20-8-11-5-10(1-2-13(11)16(22)23)15(21)19-4-3-14-12(7-19)6-17-9-18-14/h1-2,5-6,8-9,22-23H,3-4,7H2. The maximum atomic E-state index is 12.6. The van der Waals surface area contributed by atoms with E-state index in [-0.39, 0.29) is 16.9 Å². The summed E-state index contributed by atoms with van der Waals surface area (Å²) >= 11 is 0. The van der Waals surface area contributed by atoms with Crippen LogP contribution in [-0.2, 0) is 13.0 Å². The average Bonchev–Trinajstić information content (AvgIpc) is 2.60. The average molecular weight is 311 g/mol. The van der Waals surface area contributed by atoms with Crippen LogP contribution in [0.5, 0.6) is 0 Å². The molecule has 1 aromatic carbocycles. The van der Waals surface area contributed by atoms with Crippen LogP contribution in [0, 0.1) is 0 Å². The zero-order valence-corrected chi connectivity index (χ0v) is 12.2. The Morgan fingerprint density at radius 1 is 1.35 bits per heavy atom. The van der Waals surface area contributed by atoms with Crippen LogP contribution in [0.4, 0.5) is 0 Å². The van der Waals surface area contributed by atoms with E-state index in [4.69, 9.17) is 0 Å². The van der Waals surface area contributed by atoms with E-state index in [1.165, 1.54) is 24.5 Å². The summed E-state index contributed by atoms with van der Waals surface area (Å²) in [6.07, 6.45) is 4.35. The Labute approximate surface area is 132 Å². The van der Waals surface area contributed by atoms with E-state index >= 15 is 0 Å². The molecular weight excluding hydrogens is 297 g/mol. The number of rotatable bonds is 3. The molecule has 0 unspecified atom stereocenters. The maximum absolute atomic E-state index is 12.6. The Bertz CT molecular complexity index is 766. The molecule has 1 aromatic heterocycles. The van der Waals surface area contributed by atoms with Crippen LogP contribution in [0.2, 0.25) is 0 Å². The van der Waals surface area contributed by atoms with Crippen molar-refractivity contribution in [3.05, 3.63) is 53.1 Å². The van der Waals surface area contributed by atoms with Crippen molar-refractivity contribution < 1.29 is 19.6 Å². The molecule has 3 rings (SSSR count). The molecule has 0 atom stereocenters. The van der Waals surface area contributed by atoms with Gasteiger partial charge in [0.1, 0.15) is 12.6 Å². The monoisotopic (exact) mass is 311 g/mol. The van der Waals surface area contributed by atoms with E-state index in [1.54, 1.807) is 11.1 Å². The van der Waals surface area contributed by atoms with E-state index in [0.717, 1.165) is 11.3 Å². The third-order valence-electron chi connectivity index (χ3n) is 3.89. The maximum Gasteiger partial charge on any atom is 0.489 e. The number of hydrogen-bond acceptors (Lipinski definition) is 6. The summed E-state index contributed by atoms with van der Waals surface area (Å²) in [6, 6.07) is 4.24. The molecule has 0 bridgehead atoms. The highest BCUT2D eigenvalue weighted by atomic mass is 16.4. The predicted molar refractivity (Wildman–Crippen MR) is 82.1 cm³/mol. The molecule has 0 radical (unpaired) electrons. The SMILES string of the molecule is O=Cc1cc(C(=O)N2CCc3ncncc3C2)ccc1B(O)O. The summed E-state index contributed by atoms with van der Waals surface area (Å²) in [7, 11) is -1.75. The number of nitrogens with zero attached hydrogens (tertiary/aromatic N) is 3. The summed E-state index contributed by atoms with van der Waals surface area (Å²) < 4.78 is 0. The van der Waals surface area contributed by atoms with Gasteiger partial charge in [-0.25, -0.2) is 9.97 Å². The second-order valence-corrected chi connectivity index (χ2v) is 5.31. The van der Waals surface area contributed by atoms with Crippen LogP contribution in [0.25, 0.3) is 0 Å². The quantitative estimate of drug-likeness (QED) is 0.566. The summed E-state index contributed by atoms with van der Waals surface area (Å²) in [5, 5.41) is 18.4. The fraction of sp³-hybridized carbons (Fsp3) is 0.200. The molecule has 8 heteroatoms. The largest absolute Gasteiger partial charge is 0.489 e. The Morgan fingerprint density at radius 2 is 2.17 bits per heavy atom. The number of fused-ring (bicyclic) bond motifs is 1. The number of aldehydes is 1. The van der Waals surface area contributed by atoms with E-state index < -0.39 is 7.12 Å². The molecule has 0 fully saturated rings. The lowest BCUT2D eigenvalue weighted by Gasteiger charge is -2.28. The Hall–Kier alpha value is -2.58. The van der Waals surface area contributed by atoms with Crippen LogP contribution in [0.15, 0.2) is 30.7 Å². The van der Waals surface area contributed by atoms with Gasteiger partial charge in [-0.1, -0.05) is 6.07 Å². The first kappa shape index (κ1) is 15.3. The third-order valence-corrected chi connectivity index (χ3v) is 3.89. The molecule has 1 amide bonds. The van der Waals surface area contributed by atoms with Gasteiger partial charge in [-0.3, -0.25) is 9.59 Å². The van der Waals surface area contributed by atoms with Crippen molar-refractivity contribution in [2.24, 2.45) is 0 Å². The fourth-order valence-electron chi connectivity index (χ4n) is 2.67. The van der Waals surface area contributed by atoms with Crippen molar-refractivity contribution in [3.63, 3.8) is 0 Å². The molecule has 2 heterocycles. The van der Waals surface area contributed by atoms with Gasteiger partial charge in [0.05, 0.1) is 5.69 Å². The van der Waals surface area contributed by atoms with Crippen LogP contribution in [0.1, 0.15) is 32.0 Å². The fourth-order valence-corrected chi connectivity index (χ4v) is 2.67. The lowest BCUT2D eigenvalue weighted by atomic mass is 9.76. The first-order valence-electron chi connectivity index (χ1n) is 7.12. The molecule has 23 heavy (non-hydrogen) atoms. The van der Waals surface area contributed by atoms with Gasteiger partial charge in [-0.05, 0) is 17.6 Å². The van der Waals surface area contributed by atoms with Crippen LogP contribution < -0.4 is 5.46 Å². The van der Waals surface area contributed by atoms with Gasteiger partial charge in [0, 0.05) is 42.4 Å². The molecule has 1 aliphatic heterocycles. The zero-order chi connectivity index (χ0) is 16.4. The molecule has 0 spiro atoms. The van der Waals surface area contributed by atoms with Crippen LogP contribution in [0.3, 0.4) is 0 Å². The van der Waals surface area contributed by atoms with Crippen molar-refractivity contribution in [1.82, 2.24) is 14.9 Å². The van der Waals surface area contributed by atoms with Crippen LogP contribution >= 0.6 is 0 Å². The summed E-state index contributed by atoms with van der Waals surface area (Å²) in [5.41, 5.74) is 2.35. The Morgan fingerprint density at radius 3 is 2.91 bits per heavy atom. The van der Waals surface area contributed by atoms with Gasteiger partial charge in [0.15, 0.2) is 0 Å². The third kappa shape index (κ3) is 2.99. The highest BCUT2D eigenvalue weighted by Crippen LogP contribution is 2.18.